The molecule has 2 heterocycles. The van der Waals surface area contributed by atoms with Crippen molar-refractivity contribution in [3.8, 4) is 17.0 Å². The molecule has 3 aromatic carbocycles. The molecule has 0 fully saturated rings. The quantitative estimate of drug-likeness (QED) is 0.350. The van der Waals surface area contributed by atoms with Crippen LogP contribution >= 0.6 is 11.6 Å². The molecule has 0 aliphatic carbocycles. The van der Waals surface area contributed by atoms with E-state index in [1.54, 1.807) is 7.11 Å². The maximum Gasteiger partial charge on any atom is 0.145 e. The maximum atomic E-state index is 6.29. The SMILES string of the molecule is COc1ccccc1Cc1c(-c2cccc(Cl)c2)nc2c3ccccc3ccn12. The van der Waals surface area contributed by atoms with E-state index in [1.165, 1.54) is 5.39 Å². The van der Waals surface area contributed by atoms with Crippen LogP contribution in [0.25, 0.3) is 27.7 Å². The average molecular weight is 399 g/mol. The monoisotopic (exact) mass is 398 g/mol. The minimum Gasteiger partial charge on any atom is -0.496 e. The van der Waals surface area contributed by atoms with Gasteiger partial charge in [0.15, 0.2) is 0 Å². The van der Waals surface area contributed by atoms with Crippen LogP contribution in [0.1, 0.15) is 11.3 Å². The number of pyridine rings is 1. The van der Waals surface area contributed by atoms with Crippen LogP contribution in [-0.4, -0.2) is 16.5 Å². The molecular weight excluding hydrogens is 380 g/mol. The summed E-state index contributed by atoms with van der Waals surface area (Å²) in [4.78, 5) is 5.07. The second-order valence-corrected chi connectivity index (χ2v) is 7.44. The largest absolute Gasteiger partial charge is 0.496 e. The highest BCUT2D eigenvalue weighted by molar-refractivity contribution is 6.30. The number of hydrogen-bond donors (Lipinski definition) is 0. The molecule has 0 amide bonds. The topological polar surface area (TPSA) is 26.5 Å². The summed E-state index contributed by atoms with van der Waals surface area (Å²) in [6.07, 6.45) is 2.80. The number of fused-ring (bicyclic) bond motifs is 3. The van der Waals surface area contributed by atoms with E-state index in [0.29, 0.717) is 11.4 Å². The van der Waals surface area contributed by atoms with Crippen LogP contribution < -0.4 is 4.74 Å². The summed E-state index contributed by atoms with van der Waals surface area (Å²) in [5, 5.41) is 3.00. The van der Waals surface area contributed by atoms with Crippen molar-refractivity contribution in [1.82, 2.24) is 9.38 Å². The van der Waals surface area contributed by atoms with Crippen molar-refractivity contribution in [2.75, 3.05) is 7.11 Å². The summed E-state index contributed by atoms with van der Waals surface area (Å²) in [6, 6.07) is 26.5. The van der Waals surface area contributed by atoms with Gasteiger partial charge in [-0.15, -0.1) is 0 Å². The van der Waals surface area contributed by atoms with Crippen molar-refractivity contribution in [3.63, 3.8) is 0 Å². The highest BCUT2D eigenvalue weighted by Crippen LogP contribution is 2.32. The Morgan fingerprint density at radius 1 is 0.931 bits per heavy atom. The molecule has 0 saturated heterocycles. The first kappa shape index (κ1) is 17.8. The predicted molar refractivity (Wildman–Crippen MR) is 119 cm³/mol. The van der Waals surface area contributed by atoms with Crippen LogP contribution in [0.15, 0.2) is 85.1 Å². The number of para-hydroxylation sites is 1. The van der Waals surface area contributed by atoms with E-state index >= 15 is 0 Å². The van der Waals surface area contributed by atoms with Crippen molar-refractivity contribution >= 4 is 28.0 Å². The third-order valence-corrected chi connectivity index (χ3v) is 5.50. The number of nitrogens with zero attached hydrogens (tertiary/aromatic N) is 2. The molecule has 0 spiro atoms. The zero-order valence-corrected chi connectivity index (χ0v) is 16.7. The van der Waals surface area contributed by atoms with Gasteiger partial charge in [-0.2, -0.15) is 0 Å². The fourth-order valence-corrected chi connectivity index (χ4v) is 4.07. The van der Waals surface area contributed by atoms with E-state index in [2.05, 4.69) is 53.1 Å². The van der Waals surface area contributed by atoms with Gasteiger partial charge in [0.2, 0.25) is 0 Å². The van der Waals surface area contributed by atoms with Crippen LogP contribution in [0.5, 0.6) is 5.75 Å². The Bertz CT molecular complexity index is 1340. The van der Waals surface area contributed by atoms with Gasteiger partial charge in [-0.25, -0.2) is 4.98 Å². The second-order valence-electron chi connectivity index (χ2n) is 7.00. The van der Waals surface area contributed by atoms with E-state index in [0.717, 1.165) is 39.3 Å². The lowest BCUT2D eigenvalue weighted by Gasteiger charge is -2.10. The zero-order valence-electron chi connectivity index (χ0n) is 16.0. The van der Waals surface area contributed by atoms with E-state index in [9.17, 15) is 0 Å². The number of aromatic nitrogens is 2. The summed E-state index contributed by atoms with van der Waals surface area (Å²) in [6.45, 7) is 0. The molecule has 5 aromatic rings. The Kier molecular flexibility index (Phi) is 4.45. The van der Waals surface area contributed by atoms with Crippen LogP contribution in [0, 0.1) is 0 Å². The molecule has 0 atom stereocenters. The second kappa shape index (κ2) is 7.26. The summed E-state index contributed by atoms with van der Waals surface area (Å²) in [5.41, 5.74) is 5.12. The van der Waals surface area contributed by atoms with Gasteiger partial charge in [0.05, 0.1) is 18.5 Å². The van der Waals surface area contributed by atoms with E-state index in [4.69, 9.17) is 21.3 Å². The van der Waals surface area contributed by atoms with Crippen molar-refractivity contribution in [3.05, 3.63) is 101 Å². The Balaban J connectivity index is 1.79. The summed E-state index contributed by atoms with van der Waals surface area (Å²) >= 11 is 6.29. The fourth-order valence-electron chi connectivity index (χ4n) is 3.88. The standard InChI is InChI=1S/C25H19ClN2O/c1-29-23-12-5-3-8-18(23)16-22-24(19-9-6-10-20(26)15-19)27-25-21-11-4-2-7-17(21)13-14-28(22)25/h2-15H,16H2,1H3. The third-order valence-electron chi connectivity index (χ3n) is 5.26. The Morgan fingerprint density at radius 3 is 2.62 bits per heavy atom. The van der Waals surface area contributed by atoms with E-state index in [-0.39, 0.29) is 0 Å². The molecule has 29 heavy (non-hydrogen) atoms. The van der Waals surface area contributed by atoms with Crippen molar-refractivity contribution < 1.29 is 4.74 Å². The van der Waals surface area contributed by atoms with Crippen LogP contribution in [0.3, 0.4) is 0 Å². The minimum absolute atomic E-state index is 0.700. The molecule has 5 rings (SSSR count). The normalized spacial score (nSPS) is 11.2. The van der Waals surface area contributed by atoms with Gasteiger partial charge >= 0.3 is 0 Å². The van der Waals surface area contributed by atoms with Gasteiger partial charge in [0.1, 0.15) is 11.4 Å². The van der Waals surface area contributed by atoms with Gasteiger partial charge in [-0.05, 0) is 29.7 Å². The molecular formula is C25H19ClN2O. The van der Waals surface area contributed by atoms with Gasteiger partial charge in [-0.1, -0.05) is 66.2 Å². The first-order chi connectivity index (χ1) is 14.2. The molecule has 4 heteroatoms. The predicted octanol–water partition coefficient (Wildman–Crippen LogP) is 6.41. The van der Waals surface area contributed by atoms with Crippen molar-refractivity contribution in [2.45, 2.75) is 6.42 Å². The molecule has 3 nitrogen and oxygen atoms in total. The van der Waals surface area contributed by atoms with Gasteiger partial charge in [0.25, 0.3) is 0 Å². The van der Waals surface area contributed by atoms with Crippen molar-refractivity contribution in [2.24, 2.45) is 0 Å². The van der Waals surface area contributed by atoms with Crippen LogP contribution in [-0.2, 0) is 6.42 Å². The van der Waals surface area contributed by atoms with Crippen molar-refractivity contribution in [1.29, 1.82) is 0 Å². The number of rotatable bonds is 4. The first-order valence-corrected chi connectivity index (χ1v) is 9.89. The molecule has 0 unspecified atom stereocenters. The van der Waals surface area contributed by atoms with Gasteiger partial charge in [0, 0.05) is 34.2 Å². The number of benzene rings is 3. The Morgan fingerprint density at radius 2 is 1.76 bits per heavy atom. The highest BCUT2D eigenvalue weighted by atomic mass is 35.5. The van der Waals surface area contributed by atoms with Gasteiger partial charge in [-0.3, -0.25) is 0 Å². The Hall–Kier alpha value is -3.30. The maximum absolute atomic E-state index is 6.29. The molecule has 0 aliphatic rings. The smallest absolute Gasteiger partial charge is 0.145 e. The zero-order chi connectivity index (χ0) is 19.8. The fraction of sp³-hybridized carbons (Fsp3) is 0.0800. The van der Waals surface area contributed by atoms with Crippen LogP contribution in [0.2, 0.25) is 5.02 Å². The number of hydrogen-bond acceptors (Lipinski definition) is 2. The third kappa shape index (κ3) is 3.14. The lowest BCUT2D eigenvalue weighted by atomic mass is 10.0. The molecule has 0 radical (unpaired) electrons. The molecule has 0 N–H and O–H groups in total. The molecule has 0 bridgehead atoms. The van der Waals surface area contributed by atoms with E-state index < -0.39 is 0 Å². The number of imidazole rings is 1. The Labute approximate surface area is 174 Å². The van der Waals surface area contributed by atoms with E-state index in [1.807, 2.05) is 36.4 Å². The van der Waals surface area contributed by atoms with Gasteiger partial charge < -0.3 is 9.14 Å². The summed E-state index contributed by atoms with van der Waals surface area (Å²) in [7, 11) is 1.71. The minimum atomic E-state index is 0.700. The summed E-state index contributed by atoms with van der Waals surface area (Å²) in [5.74, 6) is 0.875. The average Bonchev–Trinajstić information content (AvgIpc) is 3.13. The molecule has 0 aliphatic heterocycles. The molecule has 142 valence electrons. The molecule has 2 aromatic heterocycles. The number of ether oxygens (including phenoxy) is 1. The van der Waals surface area contributed by atoms with Crippen LogP contribution in [0.4, 0.5) is 0 Å². The number of methoxy groups -OCH3 is 1. The lowest BCUT2D eigenvalue weighted by Crippen LogP contribution is -1.99. The first-order valence-electron chi connectivity index (χ1n) is 9.51. The summed E-state index contributed by atoms with van der Waals surface area (Å²) < 4.78 is 7.78. The molecule has 0 saturated carbocycles. The number of halogens is 1. The lowest BCUT2D eigenvalue weighted by molar-refractivity contribution is 0.410. The highest BCUT2D eigenvalue weighted by Gasteiger charge is 2.18.